The fraction of sp³-hybridized carbons (Fsp3) is 0.233. The molecular formula is C30H30N4O4. The Morgan fingerprint density at radius 3 is 2.39 bits per heavy atom. The molecule has 1 atom stereocenters. The van der Waals surface area contributed by atoms with Crippen LogP contribution in [0.15, 0.2) is 71.7 Å². The van der Waals surface area contributed by atoms with Crippen LogP contribution in [0.2, 0.25) is 0 Å². The van der Waals surface area contributed by atoms with Gasteiger partial charge in [-0.25, -0.2) is 4.79 Å². The van der Waals surface area contributed by atoms with Crippen molar-refractivity contribution >= 4 is 33.8 Å². The Bertz CT molecular complexity index is 1760. The molecule has 194 valence electrons. The highest BCUT2D eigenvalue weighted by Crippen LogP contribution is 2.30. The number of aromatic nitrogens is 3. The van der Waals surface area contributed by atoms with Crippen LogP contribution < -0.4 is 11.0 Å². The van der Waals surface area contributed by atoms with Gasteiger partial charge < -0.3 is 15.0 Å². The number of benzene rings is 3. The van der Waals surface area contributed by atoms with Crippen molar-refractivity contribution in [1.29, 1.82) is 0 Å². The monoisotopic (exact) mass is 510 g/mol. The average Bonchev–Trinajstić information content (AvgIpc) is 3.35. The van der Waals surface area contributed by atoms with Gasteiger partial charge in [0.15, 0.2) is 0 Å². The molecule has 0 fully saturated rings. The molecule has 0 bridgehead atoms. The Hall–Kier alpha value is -4.59. The van der Waals surface area contributed by atoms with E-state index < -0.39 is 12.0 Å². The first-order chi connectivity index (χ1) is 18.2. The summed E-state index contributed by atoms with van der Waals surface area (Å²) >= 11 is 0. The number of carbonyl (C=O) groups is 2. The second-order valence-electron chi connectivity index (χ2n) is 9.79. The van der Waals surface area contributed by atoms with Gasteiger partial charge in [0.1, 0.15) is 0 Å². The number of hydrogen-bond acceptors (Lipinski definition) is 3. The van der Waals surface area contributed by atoms with E-state index in [1.165, 1.54) is 4.57 Å². The van der Waals surface area contributed by atoms with Gasteiger partial charge in [0.05, 0.1) is 30.0 Å². The first kappa shape index (κ1) is 25.1. The smallest absolute Gasteiger partial charge is 0.330 e. The summed E-state index contributed by atoms with van der Waals surface area (Å²) in [6, 6.07) is 17.8. The first-order valence-corrected chi connectivity index (χ1v) is 12.5. The molecule has 1 amide bonds. The summed E-state index contributed by atoms with van der Waals surface area (Å²) in [5.74, 6) is -1.30. The van der Waals surface area contributed by atoms with E-state index >= 15 is 0 Å². The zero-order chi connectivity index (χ0) is 27.1. The van der Waals surface area contributed by atoms with Crippen LogP contribution >= 0.6 is 0 Å². The largest absolute Gasteiger partial charge is 0.481 e. The molecular weight excluding hydrogens is 480 g/mol. The highest BCUT2D eigenvalue weighted by molar-refractivity contribution is 5.97. The number of carboxylic acids is 1. The van der Waals surface area contributed by atoms with Gasteiger partial charge in [0.2, 0.25) is 0 Å². The lowest BCUT2D eigenvalue weighted by molar-refractivity contribution is -0.137. The summed E-state index contributed by atoms with van der Waals surface area (Å²) < 4.78 is 5.26. The minimum absolute atomic E-state index is 0.278. The number of nitrogens with zero attached hydrogens (tertiary/aromatic N) is 3. The molecule has 0 spiro atoms. The highest BCUT2D eigenvalue weighted by atomic mass is 16.4. The van der Waals surface area contributed by atoms with Gasteiger partial charge in [-0.1, -0.05) is 36.4 Å². The quantitative estimate of drug-likeness (QED) is 0.339. The van der Waals surface area contributed by atoms with Crippen molar-refractivity contribution in [1.82, 2.24) is 19.0 Å². The SMILES string of the molecule is CNC(=O)c1ccc2c(c1)n([C@H](CC(=O)O)c1ccccc1)c(=O)n2Cc1cn(C)c2cc(C)cc(C)c12. The molecule has 0 unspecified atom stereocenters. The van der Waals surface area contributed by atoms with Gasteiger partial charge in [-0.05, 0) is 60.4 Å². The summed E-state index contributed by atoms with van der Waals surface area (Å²) in [7, 11) is 3.54. The van der Waals surface area contributed by atoms with E-state index in [9.17, 15) is 19.5 Å². The topological polar surface area (TPSA) is 98.3 Å². The van der Waals surface area contributed by atoms with Gasteiger partial charge in [-0.2, -0.15) is 0 Å². The standard InChI is InChI=1S/C30H30N4O4/c1-18-12-19(2)28-22(16-32(4)26(28)13-18)17-33-23-11-10-21(29(37)31-3)14-25(23)34(30(33)38)24(15-27(35)36)20-8-6-5-7-9-20/h5-14,16,24H,15,17H2,1-4H3,(H,31,37)(H,35,36)/t24-/m1/s1. The van der Waals surface area contributed by atoms with Crippen molar-refractivity contribution in [2.75, 3.05) is 7.05 Å². The lowest BCUT2D eigenvalue weighted by Gasteiger charge is -2.17. The third-order valence-corrected chi connectivity index (χ3v) is 7.15. The zero-order valence-corrected chi connectivity index (χ0v) is 21.9. The van der Waals surface area contributed by atoms with Crippen molar-refractivity contribution in [3.05, 3.63) is 105 Å². The molecule has 38 heavy (non-hydrogen) atoms. The van der Waals surface area contributed by atoms with E-state index in [0.717, 1.165) is 27.6 Å². The molecule has 0 aliphatic heterocycles. The highest BCUT2D eigenvalue weighted by Gasteiger charge is 2.26. The van der Waals surface area contributed by atoms with Crippen molar-refractivity contribution in [3.8, 4) is 0 Å². The fourth-order valence-electron chi connectivity index (χ4n) is 5.52. The number of aryl methyl sites for hydroxylation is 3. The Kier molecular flexibility index (Phi) is 6.40. The first-order valence-electron chi connectivity index (χ1n) is 12.5. The van der Waals surface area contributed by atoms with Crippen molar-refractivity contribution in [2.45, 2.75) is 32.9 Å². The molecule has 8 heteroatoms. The molecule has 3 aromatic carbocycles. The Morgan fingerprint density at radius 1 is 0.974 bits per heavy atom. The maximum Gasteiger partial charge on any atom is 0.330 e. The van der Waals surface area contributed by atoms with Gasteiger partial charge in [-0.15, -0.1) is 0 Å². The molecule has 8 nitrogen and oxygen atoms in total. The number of hydrogen-bond donors (Lipinski definition) is 2. The Morgan fingerprint density at radius 2 is 1.71 bits per heavy atom. The molecule has 0 radical (unpaired) electrons. The van der Waals surface area contributed by atoms with Crippen LogP contribution in [0.3, 0.4) is 0 Å². The average molecular weight is 511 g/mol. The molecule has 2 N–H and O–H groups in total. The predicted octanol–water partition coefficient (Wildman–Crippen LogP) is 4.38. The predicted molar refractivity (Wildman–Crippen MR) is 148 cm³/mol. The van der Waals surface area contributed by atoms with E-state index in [2.05, 4.69) is 35.9 Å². The van der Waals surface area contributed by atoms with E-state index in [-0.39, 0.29) is 18.0 Å². The molecule has 0 saturated heterocycles. The second kappa shape index (κ2) is 9.70. The third-order valence-electron chi connectivity index (χ3n) is 7.15. The van der Waals surface area contributed by atoms with Crippen LogP contribution in [0.5, 0.6) is 0 Å². The van der Waals surface area contributed by atoms with Crippen LogP contribution in [-0.4, -0.2) is 37.7 Å². The molecule has 2 heterocycles. The second-order valence-corrected chi connectivity index (χ2v) is 9.79. The van der Waals surface area contributed by atoms with Gasteiger partial charge in [0, 0.05) is 36.8 Å². The Balaban J connectivity index is 1.78. The van der Waals surface area contributed by atoms with Crippen LogP contribution in [-0.2, 0) is 18.4 Å². The molecule has 0 saturated carbocycles. The van der Waals surface area contributed by atoms with Crippen molar-refractivity contribution in [3.63, 3.8) is 0 Å². The van der Waals surface area contributed by atoms with Crippen molar-refractivity contribution < 1.29 is 14.7 Å². The van der Waals surface area contributed by atoms with Gasteiger partial charge in [0.25, 0.3) is 5.91 Å². The molecule has 0 aliphatic carbocycles. The summed E-state index contributed by atoms with van der Waals surface area (Å²) in [5, 5.41) is 13.5. The van der Waals surface area contributed by atoms with Crippen LogP contribution in [0.1, 0.15) is 45.1 Å². The molecule has 5 rings (SSSR count). The molecule has 0 aliphatic rings. The Labute approximate surface area is 219 Å². The number of amides is 1. The summed E-state index contributed by atoms with van der Waals surface area (Å²) in [6.45, 7) is 4.43. The van der Waals surface area contributed by atoms with Crippen LogP contribution in [0, 0.1) is 13.8 Å². The summed E-state index contributed by atoms with van der Waals surface area (Å²) in [6.07, 6.45) is 1.76. The third kappa shape index (κ3) is 4.28. The van der Waals surface area contributed by atoms with E-state index in [0.29, 0.717) is 28.7 Å². The van der Waals surface area contributed by atoms with Crippen LogP contribution in [0.4, 0.5) is 0 Å². The van der Waals surface area contributed by atoms with Crippen LogP contribution in [0.25, 0.3) is 21.9 Å². The molecule has 2 aromatic heterocycles. The fourth-order valence-corrected chi connectivity index (χ4v) is 5.52. The zero-order valence-electron chi connectivity index (χ0n) is 21.9. The van der Waals surface area contributed by atoms with E-state index in [1.54, 1.807) is 29.8 Å². The lowest BCUT2D eigenvalue weighted by Crippen LogP contribution is -2.29. The lowest BCUT2D eigenvalue weighted by atomic mass is 10.0. The minimum Gasteiger partial charge on any atom is -0.481 e. The van der Waals surface area contributed by atoms with Gasteiger partial charge >= 0.3 is 11.7 Å². The number of carboxylic acid groups (broad SMARTS) is 1. The van der Waals surface area contributed by atoms with E-state index in [1.807, 2.05) is 43.6 Å². The molecule has 5 aromatic rings. The summed E-state index contributed by atoms with van der Waals surface area (Å²) in [5.41, 5.74) is 6.29. The number of fused-ring (bicyclic) bond motifs is 2. The van der Waals surface area contributed by atoms with E-state index in [4.69, 9.17) is 0 Å². The normalized spacial score (nSPS) is 12.2. The number of imidazole rings is 1. The van der Waals surface area contributed by atoms with Gasteiger partial charge in [-0.3, -0.25) is 18.7 Å². The number of carbonyl (C=O) groups excluding carboxylic acids is 1. The van der Waals surface area contributed by atoms with Crippen molar-refractivity contribution in [2.24, 2.45) is 7.05 Å². The summed E-state index contributed by atoms with van der Waals surface area (Å²) in [4.78, 5) is 38.6. The number of rotatable bonds is 7. The maximum atomic E-state index is 14.1. The minimum atomic E-state index is -1.02. The maximum absolute atomic E-state index is 14.1. The number of nitrogens with one attached hydrogen (secondary N) is 1. The number of aliphatic carboxylic acids is 1.